The third-order valence-corrected chi connectivity index (χ3v) is 8.47. The van der Waals surface area contributed by atoms with E-state index in [-0.39, 0.29) is 24.9 Å². The molecule has 0 radical (unpaired) electrons. The lowest BCUT2D eigenvalue weighted by atomic mass is 9.83. The van der Waals surface area contributed by atoms with Crippen LogP contribution in [0.4, 0.5) is 4.79 Å². The fourth-order valence-electron chi connectivity index (χ4n) is 6.30. The molecule has 0 saturated carbocycles. The first-order valence-electron chi connectivity index (χ1n) is 14.8. The molecule has 3 aromatic carbocycles. The van der Waals surface area contributed by atoms with Crippen LogP contribution in [-0.2, 0) is 20.9 Å². The van der Waals surface area contributed by atoms with Crippen molar-refractivity contribution >= 4 is 18.0 Å². The number of likely N-dealkylation sites (tertiary alicyclic amines) is 1. The van der Waals surface area contributed by atoms with Crippen LogP contribution in [0.15, 0.2) is 78.9 Å². The highest BCUT2D eigenvalue weighted by Crippen LogP contribution is 2.44. The van der Waals surface area contributed by atoms with E-state index in [1.165, 1.54) is 5.56 Å². The Labute approximate surface area is 247 Å². The molecule has 42 heavy (non-hydrogen) atoms. The van der Waals surface area contributed by atoms with Crippen LogP contribution in [0.1, 0.15) is 61.6 Å². The molecule has 1 saturated heterocycles. The van der Waals surface area contributed by atoms with Gasteiger partial charge in [0.25, 0.3) is 0 Å². The van der Waals surface area contributed by atoms with Crippen molar-refractivity contribution in [1.29, 1.82) is 0 Å². The van der Waals surface area contributed by atoms with Crippen LogP contribution < -0.4 is 10.6 Å². The minimum atomic E-state index is -0.955. The van der Waals surface area contributed by atoms with E-state index in [1.807, 2.05) is 49.4 Å². The molecule has 1 fully saturated rings. The molecule has 220 valence electrons. The smallest absolute Gasteiger partial charge is 0.407 e. The number of carbonyl (C=O) groups excluding carboxylic acids is 2. The fourth-order valence-corrected chi connectivity index (χ4v) is 6.30. The number of hydrogen-bond acceptors (Lipinski definition) is 5. The molecule has 1 aliphatic heterocycles. The second-order valence-electron chi connectivity index (χ2n) is 11.4. The predicted octanol–water partition coefficient (Wildman–Crippen LogP) is 5.32. The van der Waals surface area contributed by atoms with Crippen LogP contribution >= 0.6 is 0 Å². The van der Waals surface area contributed by atoms with Gasteiger partial charge in [-0.25, -0.2) is 4.79 Å². The van der Waals surface area contributed by atoms with Crippen molar-refractivity contribution in [2.24, 2.45) is 0 Å². The van der Waals surface area contributed by atoms with E-state index >= 15 is 0 Å². The normalized spacial score (nSPS) is 16.6. The zero-order chi connectivity index (χ0) is 29.5. The molecule has 8 nitrogen and oxygen atoms in total. The van der Waals surface area contributed by atoms with E-state index in [1.54, 1.807) is 0 Å². The third-order valence-electron chi connectivity index (χ3n) is 8.47. The minimum Gasteiger partial charge on any atom is -0.481 e. The van der Waals surface area contributed by atoms with Gasteiger partial charge in [-0.15, -0.1) is 0 Å². The topological polar surface area (TPSA) is 108 Å². The molecule has 0 bridgehead atoms. The summed E-state index contributed by atoms with van der Waals surface area (Å²) in [7, 11) is 0. The fraction of sp³-hybridized carbons (Fsp3) is 0.382. The summed E-state index contributed by atoms with van der Waals surface area (Å²) >= 11 is 0. The highest BCUT2D eigenvalue weighted by atomic mass is 16.5. The average Bonchev–Trinajstić information content (AvgIpc) is 3.31. The number of aliphatic carboxylic acids is 1. The summed E-state index contributed by atoms with van der Waals surface area (Å²) in [5, 5.41) is 15.5. The van der Waals surface area contributed by atoms with E-state index in [2.05, 4.69) is 51.9 Å². The number of hydrogen-bond donors (Lipinski definition) is 3. The summed E-state index contributed by atoms with van der Waals surface area (Å²) in [5.41, 5.74) is 4.84. The zero-order valence-corrected chi connectivity index (χ0v) is 24.1. The zero-order valence-electron chi connectivity index (χ0n) is 24.1. The summed E-state index contributed by atoms with van der Waals surface area (Å²) in [6.45, 7) is 4.20. The molecule has 2 aliphatic rings. The molecule has 1 atom stereocenters. The molecule has 0 spiro atoms. The van der Waals surface area contributed by atoms with Gasteiger partial charge in [0.15, 0.2) is 0 Å². The van der Waals surface area contributed by atoms with Crippen LogP contribution in [0.3, 0.4) is 0 Å². The number of nitrogens with zero attached hydrogens (tertiary/aromatic N) is 1. The number of piperidine rings is 1. The van der Waals surface area contributed by atoms with Gasteiger partial charge in [0.2, 0.25) is 5.91 Å². The Balaban J connectivity index is 1.20. The number of ether oxygens (including phenoxy) is 1. The lowest BCUT2D eigenvalue weighted by Crippen LogP contribution is -2.60. The van der Waals surface area contributed by atoms with Crippen molar-refractivity contribution in [1.82, 2.24) is 15.5 Å². The largest absolute Gasteiger partial charge is 0.481 e. The van der Waals surface area contributed by atoms with Gasteiger partial charge < -0.3 is 20.5 Å². The van der Waals surface area contributed by atoms with Crippen LogP contribution in [0.5, 0.6) is 0 Å². The van der Waals surface area contributed by atoms with Crippen molar-refractivity contribution in [3.63, 3.8) is 0 Å². The number of carboxylic acid groups (broad SMARTS) is 1. The molecule has 3 N–H and O–H groups in total. The maximum absolute atomic E-state index is 13.5. The number of rotatable bonds is 11. The molecular formula is C34H39N3O5. The number of benzene rings is 3. The van der Waals surface area contributed by atoms with Gasteiger partial charge in [-0.2, -0.15) is 0 Å². The quantitative estimate of drug-likeness (QED) is 0.289. The molecule has 0 aromatic heterocycles. The molecular weight excluding hydrogens is 530 g/mol. The number of carbonyl (C=O) groups is 3. The Kier molecular flexibility index (Phi) is 9.22. The second-order valence-corrected chi connectivity index (χ2v) is 11.4. The summed E-state index contributed by atoms with van der Waals surface area (Å²) in [5.74, 6) is -1.41. The Bertz CT molecular complexity index is 1360. The maximum Gasteiger partial charge on any atom is 0.407 e. The lowest BCUT2D eigenvalue weighted by molar-refractivity contribution is -0.140. The van der Waals surface area contributed by atoms with E-state index in [0.29, 0.717) is 38.8 Å². The summed E-state index contributed by atoms with van der Waals surface area (Å²) in [6, 6.07) is 25.6. The number of nitrogens with one attached hydrogen (secondary N) is 2. The highest BCUT2D eigenvalue weighted by molar-refractivity contribution is 5.87. The Morgan fingerprint density at radius 3 is 2.12 bits per heavy atom. The third kappa shape index (κ3) is 6.82. The van der Waals surface area contributed by atoms with Gasteiger partial charge in [-0.05, 0) is 47.1 Å². The van der Waals surface area contributed by atoms with Crippen LogP contribution in [0, 0.1) is 0 Å². The van der Waals surface area contributed by atoms with Crippen molar-refractivity contribution in [3.05, 3.63) is 95.6 Å². The van der Waals surface area contributed by atoms with Gasteiger partial charge in [0, 0.05) is 25.6 Å². The Morgan fingerprint density at radius 2 is 1.52 bits per heavy atom. The molecule has 1 aliphatic carbocycles. The molecule has 2 amide bonds. The van der Waals surface area contributed by atoms with Crippen LogP contribution in [-0.4, -0.2) is 59.3 Å². The van der Waals surface area contributed by atoms with Gasteiger partial charge in [-0.3, -0.25) is 14.5 Å². The first-order valence-corrected chi connectivity index (χ1v) is 14.8. The van der Waals surface area contributed by atoms with Crippen molar-refractivity contribution in [2.45, 2.75) is 63.1 Å². The standard InChI is InChI=1S/C34H39N3O5/c1-2-10-30(35-33(41)42-23-29-27-15-8-6-13-25(27)26-14-7-9-16-28(26)29)32(40)36-34(21-31(38)39)17-19-37(20-18-34)22-24-11-4-3-5-12-24/h3-9,11-16,29-30H,2,10,17-23H2,1H3,(H,35,41)(H,36,40)(H,38,39). The van der Waals surface area contributed by atoms with Crippen LogP contribution in [0.2, 0.25) is 0 Å². The minimum absolute atomic E-state index is 0.0819. The molecule has 1 unspecified atom stereocenters. The van der Waals surface area contributed by atoms with E-state index < -0.39 is 23.6 Å². The monoisotopic (exact) mass is 569 g/mol. The van der Waals surface area contributed by atoms with Gasteiger partial charge in [0.05, 0.1) is 12.0 Å². The summed E-state index contributed by atoms with van der Waals surface area (Å²) in [4.78, 5) is 40.6. The second kappa shape index (κ2) is 13.2. The SMILES string of the molecule is CCCC(NC(=O)OCC1c2ccccc2-c2ccccc21)C(=O)NC1(CC(=O)O)CCN(Cc2ccccc2)CC1. The Morgan fingerprint density at radius 1 is 0.929 bits per heavy atom. The summed E-state index contributed by atoms with van der Waals surface area (Å²) < 4.78 is 5.69. The predicted molar refractivity (Wildman–Crippen MR) is 161 cm³/mol. The van der Waals surface area contributed by atoms with E-state index in [9.17, 15) is 19.5 Å². The number of fused-ring (bicyclic) bond motifs is 3. The van der Waals surface area contributed by atoms with Crippen molar-refractivity contribution < 1.29 is 24.2 Å². The Hall–Kier alpha value is -4.17. The lowest BCUT2D eigenvalue weighted by Gasteiger charge is -2.42. The van der Waals surface area contributed by atoms with Crippen molar-refractivity contribution in [2.75, 3.05) is 19.7 Å². The van der Waals surface area contributed by atoms with Gasteiger partial charge >= 0.3 is 12.1 Å². The first kappa shape index (κ1) is 29.3. The van der Waals surface area contributed by atoms with Crippen LogP contribution in [0.25, 0.3) is 11.1 Å². The average molecular weight is 570 g/mol. The molecule has 3 aromatic rings. The van der Waals surface area contributed by atoms with Gasteiger partial charge in [-0.1, -0.05) is 92.2 Å². The summed E-state index contributed by atoms with van der Waals surface area (Å²) in [6.07, 6.45) is 1.29. The first-order chi connectivity index (χ1) is 20.4. The van der Waals surface area contributed by atoms with E-state index in [0.717, 1.165) is 28.8 Å². The maximum atomic E-state index is 13.5. The van der Waals surface area contributed by atoms with Crippen molar-refractivity contribution in [3.8, 4) is 11.1 Å². The molecule has 5 rings (SSSR count). The number of alkyl carbamates (subject to hydrolysis) is 1. The molecule has 8 heteroatoms. The highest BCUT2D eigenvalue weighted by Gasteiger charge is 2.39. The number of carboxylic acids is 1. The molecule has 1 heterocycles. The number of amides is 2. The van der Waals surface area contributed by atoms with Gasteiger partial charge in [0.1, 0.15) is 12.6 Å². The van der Waals surface area contributed by atoms with E-state index in [4.69, 9.17) is 4.74 Å².